The fourth-order valence-electron chi connectivity index (χ4n) is 2.77. The molecule has 0 atom stereocenters. The molecule has 0 radical (unpaired) electrons. The molecule has 25 heavy (non-hydrogen) atoms. The van der Waals surface area contributed by atoms with Gasteiger partial charge in [0.05, 0.1) is 24.6 Å². The van der Waals surface area contributed by atoms with Gasteiger partial charge in [-0.15, -0.1) is 0 Å². The maximum atomic E-state index is 12.5. The molecule has 0 fully saturated rings. The number of carbonyl (C=O) groups excluding carboxylic acids is 1. The minimum atomic E-state index is -0.204. The van der Waals surface area contributed by atoms with Gasteiger partial charge >= 0.3 is 0 Å². The van der Waals surface area contributed by atoms with E-state index in [0.717, 1.165) is 5.52 Å². The lowest BCUT2D eigenvalue weighted by Crippen LogP contribution is -2.26. The maximum absolute atomic E-state index is 12.5. The zero-order valence-electron chi connectivity index (χ0n) is 13.3. The van der Waals surface area contributed by atoms with E-state index in [2.05, 4.69) is 10.4 Å². The van der Waals surface area contributed by atoms with Crippen molar-refractivity contribution in [3.05, 3.63) is 59.2 Å². The van der Waals surface area contributed by atoms with Crippen LogP contribution in [0.2, 0.25) is 0 Å². The van der Waals surface area contributed by atoms with Crippen LogP contribution in [0, 0.1) is 0 Å². The lowest BCUT2D eigenvalue weighted by atomic mass is 10.3. The number of hydrogen-bond donors (Lipinski definition) is 1. The summed E-state index contributed by atoms with van der Waals surface area (Å²) in [4.78, 5) is 24.3. The molecule has 4 rings (SSSR count). The summed E-state index contributed by atoms with van der Waals surface area (Å²) in [5, 5.41) is 6.94. The standard InChI is InChI=1S/C17H16N4O4/c22-16(18-10-12-3-2-7-24-12)4-1-6-21-17(23)14-9-15-13(5-8-25-15)20(14)11-19-21/h2-3,5,7-9,11H,1,4,6,10H2,(H,18,22). The Kier molecular flexibility index (Phi) is 3.85. The molecule has 1 N–H and O–H groups in total. The van der Waals surface area contributed by atoms with Gasteiger partial charge in [0.1, 0.15) is 17.6 Å². The molecule has 4 aromatic heterocycles. The highest BCUT2D eigenvalue weighted by Gasteiger charge is 2.11. The Morgan fingerprint density at radius 1 is 1.20 bits per heavy atom. The van der Waals surface area contributed by atoms with Gasteiger partial charge < -0.3 is 14.2 Å². The van der Waals surface area contributed by atoms with Crippen LogP contribution in [-0.2, 0) is 17.9 Å². The van der Waals surface area contributed by atoms with Gasteiger partial charge in [0.25, 0.3) is 5.56 Å². The number of aromatic nitrogens is 3. The number of hydrogen-bond acceptors (Lipinski definition) is 5. The molecular formula is C17H16N4O4. The van der Waals surface area contributed by atoms with E-state index in [0.29, 0.717) is 42.8 Å². The SMILES string of the molecule is O=C(CCCn1ncn2c(cc3occc32)c1=O)NCc1ccco1. The first-order valence-electron chi connectivity index (χ1n) is 7.96. The molecule has 4 aromatic rings. The first kappa shape index (κ1) is 15.3. The predicted octanol–water partition coefficient (Wildman–Crippen LogP) is 1.93. The fraction of sp³-hybridized carbons (Fsp3) is 0.235. The Labute approximate surface area is 141 Å². The van der Waals surface area contributed by atoms with Crippen LogP contribution in [0.5, 0.6) is 0 Å². The van der Waals surface area contributed by atoms with Crippen LogP contribution < -0.4 is 10.9 Å². The Hall–Kier alpha value is -3.29. The van der Waals surface area contributed by atoms with E-state index >= 15 is 0 Å². The molecular weight excluding hydrogens is 324 g/mol. The Balaban J connectivity index is 1.38. The van der Waals surface area contributed by atoms with Gasteiger partial charge in [0.2, 0.25) is 5.91 Å². The summed E-state index contributed by atoms with van der Waals surface area (Å²) in [5.41, 5.74) is 1.76. The van der Waals surface area contributed by atoms with Crippen molar-refractivity contribution in [2.45, 2.75) is 25.9 Å². The van der Waals surface area contributed by atoms with Crippen molar-refractivity contribution >= 4 is 22.5 Å². The first-order valence-corrected chi connectivity index (χ1v) is 7.96. The van der Waals surface area contributed by atoms with Crippen molar-refractivity contribution in [2.75, 3.05) is 0 Å². The average Bonchev–Trinajstić information content (AvgIpc) is 3.32. The Bertz CT molecular complexity index is 1070. The summed E-state index contributed by atoms with van der Waals surface area (Å²) in [6.07, 6.45) is 5.55. The van der Waals surface area contributed by atoms with Crippen LogP contribution in [-0.4, -0.2) is 20.1 Å². The number of fused-ring (bicyclic) bond motifs is 3. The van der Waals surface area contributed by atoms with Crippen molar-refractivity contribution in [1.82, 2.24) is 19.5 Å². The van der Waals surface area contributed by atoms with Crippen LogP contribution >= 0.6 is 0 Å². The lowest BCUT2D eigenvalue weighted by Gasteiger charge is -2.06. The van der Waals surface area contributed by atoms with E-state index < -0.39 is 0 Å². The molecule has 0 aromatic carbocycles. The van der Waals surface area contributed by atoms with Gasteiger partial charge in [0.15, 0.2) is 5.58 Å². The molecule has 1 amide bonds. The summed E-state index contributed by atoms with van der Waals surface area (Å²) >= 11 is 0. The average molecular weight is 340 g/mol. The topological polar surface area (TPSA) is 94.7 Å². The van der Waals surface area contributed by atoms with Crippen molar-refractivity contribution in [3.63, 3.8) is 0 Å². The van der Waals surface area contributed by atoms with E-state index in [9.17, 15) is 9.59 Å². The second-order valence-corrected chi connectivity index (χ2v) is 5.69. The van der Waals surface area contributed by atoms with Crippen molar-refractivity contribution in [1.29, 1.82) is 0 Å². The molecule has 8 heteroatoms. The van der Waals surface area contributed by atoms with E-state index in [4.69, 9.17) is 8.83 Å². The second kappa shape index (κ2) is 6.31. The molecule has 0 saturated carbocycles. The number of furan rings is 2. The fourth-order valence-corrected chi connectivity index (χ4v) is 2.77. The van der Waals surface area contributed by atoms with Crippen LogP contribution in [0.1, 0.15) is 18.6 Å². The Morgan fingerprint density at radius 3 is 2.96 bits per heavy atom. The van der Waals surface area contributed by atoms with Crippen LogP contribution in [0.4, 0.5) is 0 Å². The third-order valence-electron chi connectivity index (χ3n) is 4.03. The monoisotopic (exact) mass is 340 g/mol. The molecule has 0 aliphatic heterocycles. The summed E-state index contributed by atoms with van der Waals surface area (Å²) < 4.78 is 13.5. The van der Waals surface area contributed by atoms with Crippen LogP contribution in [0.25, 0.3) is 16.6 Å². The third kappa shape index (κ3) is 2.93. The lowest BCUT2D eigenvalue weighted by molar-refractivity contribution is -0.121. The van der Waals surface area contributed by atoms with Gasteiger partial charge in [-0.25, -0.2) is 4.68 Å². The minimum Gasteiger partial charge on any atom is -0.467 e. The second-order valence-electron chi connectivity index (χ2n) is 5.69. The highest BCUT2D eigenvalue weighted by Crippen LogP contribution is 2.18. The summed E-state index contributed by atoms with van der Waals surface area (Å²) in [5.74, 6) is 0.611. The molecule has 0 aliphatic carbocycles. The molecule has 0 bridgehead atoms. The molecule has 0 saturated heterocycles. The van der Waals surface area contributed by atoms with E-state index in [1.807, 2.05) is 0 Å². The molecule has 8 nitrogen and oxygen atoms in total. The maximum Gasteiger partial charge on any atom is 0.291 e. The van der Waals surface area contributed by atoms with Crippen molar-refractivity contribution in [2.24, 2.45) is 0 Å². The molecule has 0 unspecified atom stereocenters. The summed E-state index contributed by atoms with van der Waals surface area (Å²) in [6, 6.07) is 7.06. The van der Waals surface area contributed by atoms with Gasteiger partial charge in [-0.1, -0.05) is 0 Å². The molecule has 4 heterocycles. The molecule has 0 spiro atoms. The van der Waals surface area contributed by atoms with E-state index in [-0.39, 0.29) is 11.5 Å². The minimum absolute atomic E-state index is 0.0919. The smallest absolute Gasteiger partial charge is 0.291 e. The number of amides is 1. The van der Waals surface area contributed by atoms with Gasteiger partial charge in [-0.2, -0.15) is 5.10 Å². The number of aryl methyl sites for hydroxylation is 1. The number of rotatable bonds is 6. The number of nitrogens with zero attached hydrogens (tertiary/aromatic N) is 3. The number of nitrogens with one attached hydrogen (secondary N) is 1. The van der Waals surface area contributed by atoms with E-state index in [1.54, 1.807) is 47.5 Å². The predicted molar refractivity (Wildman–Crippen MR) is 89.0 cm³/mol. The summed E-state index contributed by atoms with van der Waals surface area (Å²) in [6.45, 7) is 0.731. The van der Waals surface area contributed by atoms with Gasteiger partial charge in [-0.3, -0.25) is 14.0 Å². The largest absolute Gasteiger partial charge is 0.467 e. The highest BCUT2D eigenvalue weighted by molar-refractivity contribution is 5.81. The highest BCUT2D eigenvalue weighted by atomic mass is 16.3. The molecule has 128 valence electrons. The molecule has 0 aliphatic rings. The quantitative estimate of drug-likeness (QED) is 0.579. The Morgan fingerprint density at radius 2 is 2.12 bits per heavy atom. The van der Waals surface area contributed by atoms with Crippen LogP contribution in [0.3, 0.4) is 0 Å². The third-order valence-corrected chi connectivity index (χ3v) is 4.03. The van der Waals surface area contributed by atoms with Crippen LogP contribution in [0.15, 0.2) is 56.7 Å². The first-order chi connectivity index (χ1) is 12.2. The van der Waals surface area contributed by atoms with Crippen molar-refractivity contribution in [3.8, 4) is 0 Å². The van der Waals surface area contributed by atoms with Gasteiger partial charge in [0, 0.05) is 25.1 Å². The van der Waals surface area contributed by atoms with Gasteiger partial charge in [-0.05, 0) is 18.6 Å². The van der Waals surface area contributed by atoms with E-state index in [1.165, 1.54) is 4.68 Å². The summed E-state index contributed by atoms with van der Waals surface area (Å²) in [7, 11) is 0. The number of carbonyl (C=O) groups is 1. The normalized spacial score (nSPS) is 11.4. The zero-order chi connectivity index (χ0) is 17.2. The van der Waals surface area contributed by atoms with Crippen molar-refractivity contribution < 1.29 is 13.6 Å². The zero-order valence-corrected chi connectivity index (χ0v) is 13.3.